The number of imidazole rings is 1. The van der Waals surface area contributed by atoms with Crippen LogP contribution in [0.3, 0.4) is 0 Å². The number of rotatable bonds is 3. The van der Waals surface area contributed by atoms with Gasteiger partial charge in [-0.05, 0) is 18.2 Å². The van der Waals surface area contributed by atoms with Gasteiger partial charge in [0.25, 0.3) is 0 Å². The summed E-state index contributed by atoms with van der Waals surface area (Å²) in [6.07, 6.45) is 4.53. The molecule has 1 aromatic heterocycles. The maximum Gasteiger partial charge on any atom is 0.185 e. The van der Waals surface area contributed by atoms with Gasteiger partial charge in [0.1, 0.15) is 11.6 Å². The van der Waals surface area contributed by atoms with E-state index < -0.39 is 17.4 Å². The summed E-state index contributed by atoms with van der Waals surface area (Å²) >= 11 is 0. The zero-order valence-corrected chi connectivity index (χ0v) is 8.23. The number of hydrogen-bond donors (Lipinski definition) is 0. The lowest BCUT2D eigenvalue weighted by atomic mass is 10.1. The molecule has 1 heterocycles. The van der Waals surface area contributed by atoms with E-state index in [2.05, 4.69) is 4.98 Å². The minimum Gasteiger partial charge on any atom is -0.330 e. The van der Waals surface area contributed by atoms with E-state index >= 15 is 0 Å². The molecule has 5 heteroatoms. The summed E-state index contributed by atoms with van der Waals surface area (Å²) in [7, 11) is 0. The van der Waals surface area contributed by atoms with Crippen LogP contribution in [0, 0.1) is 11.6 Å². The predicted molar refractivity (Wildman–Crippen MR) is 52.9 cm³/mol. The average Bonchev–Trinajstić information content (AvgIpc) is 2.74. The average molecular weight is 222 g/mol. The predicted octanol–water partition coefficient (Wildman–Crippen LogP) is 2.04. The molecule has 0 saturated carbocycles. The van der Waals surface area contributed by atoms with E-state index in [0.717, 1.165) is 18.2 Å². The molecule has 0 fully saturated rings. The number of aromatic nitrogens is 2. The van der Waals surface area contributed by atoms with Crippen LogP contribution in [0.5, 0.6) is 0 Å². The van der Waals surface area contributed by atoms with Crippen molar-refractivity contribution in [2.45, 2.75) is 6.54 Å². The summed E-state index contributed by atoms with van der Waals surface area (Å²) in [5, 5.41) is 0. The van der Waals surface area contributed by atoms with Gasteiger partial charge in [-0.25, -0.2) is 13.8 Å². The van der Waals surface area contributed by atoms with E-state index in [4.69, 9.17) is 0 Å². The number of benzene rings is 1. The normalized spacial score (nSPS) is 10.4. The quantitative estimate of drug-likeness (QED) is 0.745. The number of Topliss-reactive ketones (excluding diaryl/α,β-unsaturated/α-hetero) is 1. The van der Waals surface area contributed by atoms with Crippen molar-refractivity contribution in [3.8, 4) is 0 Å². The van der Waals surface area contributed by atoms with Gasteiger partial charge in [0.15, 0.2) is 5.78 Å². The van der Waals surface area contributed by atoms with E-state index in [9.17, 15) is 13.6 Å². The molecule has 0 N–H and O–H groups in total. The molecule has 0 unspecified atom stereocenters. The molecule has 0 spiro atoms. The Morgan fingerprint density at radius 1 is 1.38 bits per heavy atom. The molecule has 2 rings (SSSR count). The zero-order chi connectivity index (χ0) is 11.5. The lowest BCUT2D eigenvalue weighted by Gasteiger charge is -2.03. The molecule has 0 radical (unpaired) electrons. The minimum atomic E-state index is -0.716. The molecule has 0 bridgehead atoms. The molecule has 0 aliphatic rings. The van der Waals surface area contributed by atoms with Gasteiger partial charge in [0, 0.05) is 12.4 Å². The Labute approximate surface area is 90.3 Å². The molecular formula is C11H8F2N2O. The van der Waals surface area contributed by atoms with Crippen molar-refractivity contribution in [2.75, 3.05) is 0 Å². The molecular weight excluding hydrogens is 214 g/mol. The fraction of sp³-hybridized carbons (Fsp3) is 0.0909. The van der Waals surface area contributed by atoms with E-state index in [1.165, 1.54) is 17.1 Å². The van der Waals surface area contributed by atoms with Gasteiger partial charge < -0.3 is 4.57 Å². The second-order valence-electron chi connectivity index (χ2n) is 3.28. The summed E-state index contributed by atoms with van der Waals surface area (Å²) in [4.78, 5) is 15.4. The highest BCUT2D eigenvalue weighted by Gasteiger charge is 2.12. The molecule has 0 amide bonds. The van der Waals surface area contributed by atoms with Gasteiger partial charge in [-0.15, -0.1) is 0 Å². The highest BCUT2D eigenvalue weighted by atomic mass is 19.1. The zero-order valence-electron chi connectivity index (χ0n) is 8.23. The molecule has 0 saturated heterocycles. The lowest BCUT2D eigenvalue weighted by molar-refractivity contribution is 0.0967. The van der Waals surface area contributed by atoms with Crippen LogP contribution in [0.1, 0.15) is 10.4 Å². The fourth-order valence-electron chi connectivity index (χ4n) is 1.34. The van der Waals surface area contributed by atoms with Crippen LogP contribution in [0.25, 0.3) is 0 Å². The molecule has 0 aliphatic carbocycles. The van der Waals surface area contributed by atoms with Crippen molar-refractivity contribution in [3.63, 3.8) is 0 Å². The summed E-state index contributed by atoms with van der Waals surface area (Å²) < 4.78 is 27.6. The van der Waals surface area contributed by atoms with Crippen molar-refractivity contribution in [2.24, 2.45) is 0 Å². The number of carbonyl (C=O) groups is 1. The first kappa shape index (κ1) is 10.5. The first-order chi connectivity index (χ1) is 7.66. The van der Waals surface area contributed by atoms with Gasteiger partial charge in [-0.3, -0.25) is 4.79 Å². The number of nitrogens with zero attached hydrogens (tertiary/aromatic N) is 2. The second kappa shape index (κ2) is 4.22. The van der Waals surface area contributed by atoms with Crippen molar-refractivity contribution in [1.82, 2.24) is 9.55 Å². The molecule has 3 nitrogen and oxygen atoms in total. The van der Waals surface area contributed by atoms with Gasteiger partial charge in [0.05, 0.1) is 18.4 Å². The molecule has 1 aromatic carbocycles. The van der Waals surface area contributed by atoms with Crippen molar-refractivity contribution in [1.29, 1.82) is 0 Å². The first-order valence-corrected chi connectivity index (χ1v) is 4.61. The number of ketones is 1. The molecule has 82 valence electrons. The Morgan fingerprint density at radius 2 is 2.19 bits per heavy atom. The van der Waals surface area contributed by atoms with E-state index in [-0.39, 0.29) is 12.1 Å². The highest BCUT2D eigenvalue weighted by molar-refractivity contribution is 5.96. The summed E-state index contributed by atoms with van der Waals surface area (Å²) in [6.45, 7) is -0.0552. The maximum atomic E-state index is 13.2. The highest BCUT2D eigenvalue weighted by Crippen LogP contribution is 2.11. The number of carbonyl (C=O) groups excluding carboxylic acids is 1. The SMILES string of the molecule is O=C(Cn1ccnc1)c1cc(F)ccc1F. The maximum absolute atomic E-state index is 13.2. The topological polar surface area (TPSA) is 34.9 Å². The Morgan fingerprint density at radius 3 is 2.88 bits per heavy atom. The molecule has 16 heavy (non-hydrogen) atoms. The molecule has 2 aromatic rings. The fourth-order valence-corrected chi connectivity index (χ4v) is 1.34. The van der Waals surface area contributed by atoms with Gasteiger partial charge >= 0.3 is 0 Å². The van der Waals surface area contributed by atoms with Crippen molar-refractivity contribution >= 4 is 5.78 Å². The van der Waals surface area contributed by atoms with Crippen LogP contribution < -0.4 is 0 Å². The third-order valence-electron chi connectivity index (χ3n) is 2.11. The van der Waals surface area contributed by atoms with Gasteiger partial charge in [0.2, 0.25) is 0 Å². The second-order valence-corrected chi connectivity index (χ2v) is 3.28. The van der Waals surface area contributed by atoms with Crippen molar-refractivity contribution in [3.05, 3.63) is 54.1 Å². The Kier molecular flexibility index (Phi) is 2.76. The Balaban J connectivity index is 2.24. The van der Waals surface area contributed by atoms with E-state index in [1.54, 1.807) is 6.20 Å². The van der Waals surface area contributed by atoms with Crippen LogP contribution >= 0.6 is 0 Å². The number of halogens is 2. The van der Waals surface area contributed by atoms with Crippen LogP contribution in [-0.4, -0.2) is 15.3 Å². The van der Waals surface area contributed by atoms with Gasteiger partial charge in [-0.2, -0.15) is 0 Å². The van der Waals surface area contributed by atoms with Gasteiger partial charge in [-0.1, -0.05) is 0 Å². The Bertz CT molecular complexity index is 509. The smallest absolute Gasteiger partial charge is 0.185 e. The molecule has 0 aliphatic heterocycles. The van der Waals surface area contributed by atoms with Crippen LogP contribution in [0.2, 0.25) is 0 Å². The summed E-state index contributed by atoms with van der Waals surface area (Å²) in [6, 6.07) is 2.81. The third kappa shape index (κ3) is 2.13. The lowest BCUT2D eigenvalue weighted by Crippen LogP contribution is -2.11. The third-order valence-corrected chi connectivity index (χ3v) is 2.11. The van der Waals surface area contributed by atoms with Crippen molar-refractivity contribution < 1.29 is 13.6 Å². The van der Waals surface area contributed by atoms with E-state index in [1.807, 2.05) is 0 Å². The number of hydrogen-bond acceptors (Lipinski definition) is 2. The standard InChI is InChI=1S/C11H8F2N2O/c12-8-1-2-10(13)9(5-8)11(16)6-15-4-3-14-7-15/h1-5,7H,6H2. The summed E-state index contributed by atoms with van der Waals surface area (Å²) in [5.41, 5.74) is -0.242. The largest absolute Gasteiger partial charge is 0.330 e. The summed E-state index contributed by atoms with van der Waals surface area (Å²) in [5.74, 6) is -1.84. The first-order valence-electron chi connectivity index (χ1n) is 4.61. The van der Waals surface area contributed by atoms with Crippen LogP contribution in [0.4, 0.5) is 8.78 Å². The van der Waals surface area contributed by atoms with Crippen LogP contribution in [-0.2, 0) is 6.54 Å². The molecule has 0 atom stereocenters. The Hall–Kier alpha value is -2.04. The monoisotopic (exact) mass is 222 g/mol. The van der Waals surface area contributed by atoms with Crippen LogP contribution in [0.15, 0.2) is 36.9 Å². The minimum absolute atomic E-state index is 0.0552. The van der Waals surface area contributed by atoms with E-state index in [0.29, 0.717) is 0 Å².